The Labute approximate surface area is 170 Å². The molecule has 0 aliphatic carbocycles. The molecule has 2 N–H and O–H groups in total. The second kappa shape index (κ2) is 7.44. The van der Waals surface area contributed by atoms with Crippen molar-refractivity contribution in [1.82, 2.24) is 24.7 Å². The van der Waals surface area contributed by atoms with Crippen LogP contribution in [0, 0.1) is 13.8 Å². The van der Waals surface area contributed by atoms with Gasteiger partial charge in [0.05, 0.1) is 16.3 Å². The molecule has 4 rings (SSSR count). The lowest BCUT2D eigenvalue weighted by molar-refractivity contribution is 0.102. The third-order valence-electron chi connectivity index (χ3n) is 4.62. The van der Waals surface area contributed by atoms with Crippen molar-refractivity contribution in [2.24, 2.45) is 7.05 Å². The number of carbonyl (C=O) groups is 1. The van der Waals surface area contributed by atoms with Gasteiger partial charge in [-0.15, -0.1) is 0 Å². The maximum Gasteiger partial charge on any atom is 0.277 e. The normalized spacial score (nSPS) is 10.9. The molecule has 0 fully saturated rings. The average molecular weight is 406 g/mol. The predicted octanol–water partition coefficient (Wildman–Crippen LogP) is 3.16. The van der Waals surface area contributed by atoms with Gasteiger partial charge in [-0.25, -0.2) is 15.1 Å². The number of aromatic nitrogens is 5. The average Bonchev–Trinajstić information content (AvgIpc) is 3.31. The number of H-pyrrole nitrogens is 1. The number of carbonyl (C=O) groups excluding carboxylic acids is 1. The lowest BCUT2D eigenvalue weighted by atomic mass is 10.1. The van der Waals surface area contributed by atoms with Gasteiger partial charge < -0.3 is 4.57 Å². The molecular weight excluding hydrogens is 388 g/mol. The van der Waals surface area contributed by atoms with Gasteiger partial charge in [-0.2, -0.15) is 5.10 Å². The molecule has 8 nitrogen and oxygen atoms in total. The topological polar surface area (TPSA) is 106 Å². The maximum atomic E-state index is 12.8. The van der Waals surface area contributed by atoms with Crippen LogP contribution in [-0.2, 0) is 7.05 Å². The minimum Gasteiger partial charge on any atom is -0.333 e. The van der Waals surface area contributed by atoms with Gasteiger partial charge in [0.1, 0.15) is 5.56 Å². The fraction of sp³-hybridized carbons (Fsp3) is 0.150. The van der Waals surface area contributed by atoms with Gasteiger partial charge in [0.25, 0.3) is 11.5 Å². The van der Waals surface area contributed by atoms with Crippen LogP contribution in [0.4, 0.5) is 5.13 Å². The molecule has 0 unspecified atom stereocenters. The van der Waals surface area contributed by atoms with Gasteiger partial charge in [-0.3, -0.25) is 14.9 Å². The summed E-state index contributed by atoms with van der Waals surface area (Å²) in [4.78, 5) is 34.8. The summed E-state index contributed by atoms with van der Waals surface area (Å²) in [5, 5.41) is 9.39. The summed E-state index contributed by atoms with van der Waals surface area (Å²) in [5.41, 5.74) is 2.26. The van der Waals surface area contributed by atoms with Gasteiger partial charge in [-0.05, 0) is 19.4 Å². The van der Waals surface area contributed by atoms with Crippen LogP contribution >= 0.6 is 11.3 Å². The van der Waals surface area contributed by atoms with Gasteiger partial charge in [0.15, 0.2) is 11.0 Å². The van der Waals surface area contributed by atoms with Crippen LogP contribution < -0.4 is 10.9 Å². The van der Waals surface area contributed by atoms with E-state index in [0.29, 0.717) is 16.4 Å². The van der Waals surface area contributed by atoms with E-state index >= 15 is 0 Å². The van der Waals surface area contributed by atoms with E-state index in [0.717, 1.165) is 22.0 Å². The van der Waals surface area contributed by atoms with E-state index in [1.165, 1.54) is 11.3 Å². The molecule has 3 aromatic heterocycles. The Balaban J connectivity index is 1.77. The van der Waals surface area contributed by atoms with Crippen molar-refractivity contribution in [3.63, 3.8) is 0 Å². The monoisotopic (exact) mass is 406 g/mol. The van der Waals surface area contributed by atoms with Crippen molar-refractivity contribution < 1.29 is 4.79 Å². The van der Waals surface area contributed by atoms with Crippen molar-refractivity contribution in [3.05, 3.63) is 69.9 Å². The summed E-state index contributed by atoms with van der Waals surface area (Å²) in [5.74, 6) is 0.227. The molecule has 0 saturated heterocycles. The van der Waals surface area contributed by atoms with E-state index in [9.17, 15) is 9.59 Å². The first-order valence-electron chi connectivity index (χ1n) is 8.87. The minimum atomic E-state index is -0.533. The number of amides is 1. The Morgan fingerprint density at radius 2 is 1.97 bits per heavy atom. The largest absolute Gasteiger partial charge is 0.333 e. The molecule has 0 bridgehead atoms. The molecule has 1 amide bonds. The van der Waals surface area contributed by atoms with Crippen LogP contribution in [0.15, 0.2) is 47.5 Å². The van der Waals surface area contributed by atoms with Gasteiger partial charge in [0.2, 0.25) is 0 Å². The Morgan fingerprint density at radius 1 is 1.21 bits per heavy atom. The predicted molar refractivity (Wildman–Crippen MR) is 112 cm³/mol. The summed E-state index contributed by atoms with van der Waals surface area (Å²) in [6.45, 7) is 3.43. The zero-order chi connectivity index (χ0) is 20.5. The van der Waals surface area contributed by atoms with Crippen LogP contribution in [0.2, 0.25) is 0 Å². The van der Waals surface area contributed by atoms with E-state index < -0.39 is 11.5 Å². The van der Waals surface area contributed by atoms with E-state index in [2.05, 4.69) is 25.5 Å². The number of imidazole rings is 1. The highest BCUT2D eigenvalue weighted by Crippen LogP contribution is 2.38. The summed E-state index contributed by atoms with van der Waals surface area (Å²) < 4.78 is 1.90. The molecule has 3 heterocycles. The summed E-state index contributed by atoms with van der Waals surface area (Å²) >= 11 is 1.31. The highest BCUT2D eigenvalue weighted by molar-refractivity contribution is 7.19. The first kappa shape index (κ1) is 18.8. The van der Waals surface area contributed by atoms with Crippen LogP contribution in [0.1, 0.15) is 21.6 Å². The van der Waals surface area contributed by atoms with Crippen LogP contribution in [-0.4, -0.2) is 30.6 Å². The zero-order valence-corrected chi connectivity index (χ0v) is 16.9. The second-order valence-electron chi connectivity index (χ2n) is 6.52. The van der Waals surface area contributed by atoms with Gasteiger partial charge in [0, 0.05) is 25.0 Å². The number of rotatable bonds is 4. The molecular formula is C20H18N6O2S. The fourth-order valence-electron chi connectivity index (χ4n) is 2.96. The van der Waals surface area contributed by atoms with Crippen molar-refractivity contribution in [2.45, 2.75) is 13.8 Å². The Hall–Kier alpha value is -3.59. The van der Waals surface area contributed by atoms with E-state index in [1.807, 2.05) is 48.1 Å². The standard InChI is InChI=1S/C20H18N6O2S/c1-11-12(2)24-25-19(28)14(11)18(27)23-20-22-15(13-7-5-4-6-8-13)16(29-20)17-21-9-10-26(17)3/h4-10H,1-3H3,(H,25,28)(H,22,23,27). The lowest BCUT2D eigenvalue weighted by Gasteiger charge is -2.05. The molecule has 4 aromatic rings. The van der Waals surface area contributed by atoms with Crippen molar-refractivity contribution >= 4 is 22.4 Å². The molecule has 0 aliphatic rings. The first-order chi connectivity index (χ1) is 14.0. The molecule has 0 spiro atoms. The minimum absolute atomic E-state index is 0.0347. The number of thiazole rings is 1. The number of hydrogen-bond acceptors (Lipinski definition) is 6. The summed E-state index contributed by atoms with van der Waals surface area (Å²) in [6, 6.07) is 9.69. The number of anilines is 1. The Kier molecular flexibility index (Phi) is 4.81. The van der Waals surface area contributed by atoms with Crippen LogP contribution in [0.3, 0.4) is 0 Å². The molecule has 9 heteroatoms. The van der Waals surface area contributed by atoms with Crippen molar-refractivity contribution in [2.75, 3.05) is 5.32 Å². The molecule has 0 atom stereocenters. The molecule has 146 valence electrons. The second-order valence-corrected chi connectivity index (χ2v) is 7.52. The number of nitrogens with one attached hydrogen (secondary N) is 2. The highest BCUT2D eigenvalue weighted by Gasteiger charge is 2.21. The first-order valence-corrected chi connectivity index (χ1v) is 9.68. The van der Waals surface area contributed by atoms with E-state index in [4.69, 9.17) is 0 Å². The number of aryl methyl sites for hydroxylation is 2. The van der Waals surface area contributed by atoms with Crippen LogP contribution in [0.25, 0.3) is 22.0 Å². The fourth-order valence-corrected chi connectivity index (χ4v) is 3.98. The van der Waals surface area contributed by atoms with Gasteiger partial charge in [-0.1, -0.05) is 41.7 Å². The number of aromatic amines is 1. The lowest BCUT2D eigenvalue weighted by Crippen LogP contribution is -2.26. The number of nitrogens with zero attached hydrogens (tertiary/aromatic N) is 4. The zero-order valence-electron chi connectivity index (χ0n) is 16.1. The molecule has 1 aromatic carbocycles. The smallest absolute Gasteiger partial charge is 0.277 e. The summed E-state index contributed by atoms with van der Waals surface area (Å²) in [7, 11) is 1.90. The molecule has 0 saturated carbocycles. The Morgan fingerprint density at radius 3 is 2.66 bits per heavy atom. The van der Waals surface area contributed by atoms with Crippen LogP contribution in [0.5, 0.6) is 0 Å². The van der Waals surface area contributed by atoms with Crippen molar-refractivity contribution in [1.29, 1.82) is 0 Å². The number of benzene rings is 1. The summed E-state index contributed by atoms with van der Waals surface area (Å²) in [6.07, 6.45) is 3.56. The quantitative estimate of drug-likeness (QED) is 0.542. The third-order valence-corrected chi connectivity index (χ3v) is 5.58. The van der Waals surface area contributed by atoms with E-state index in [1.54, 1.807) is 20.0 Å². The highest BCUT2D eigenvalue weighted by atomic mass is 32.1. The molecule has 0 aliphatic heterocycles. The molecule has 0 radical (unpaired) electrons. The SMILES string of the molecule is Cc1n[nH]c(=O)c(C(=O)Nc2nc(-c3ccccc3)c(-c3nccn3C)s2)c1C. The van der Waals surface area contributed by atoms with Gasteiger partial charge >= 0.3 is 0 Å². The maximum absolute atomic E-state index is 12.8. The van der Waals surface area contributed by atoms with Crippen molar-refractivity contribution in [3.8, 4) is 22.0 Å². The number of hydrogen-bond donors (Lipinski definition) is 2. The molecule has 29 heavy (non-hydrogen) atoms. The van der Waals surface area contributed by atoms with E-state index in [-0.39, 0.29) is 5.56 Å². The third kappa shape index (κ3) is 3.47. The Bertz CT molecular complexity index is 1260.